The second-order valence-corrected chi connectivity index (χ2v) is 9.20. The summed E-state index contributed by atoms with van der Waals surface area (Å²) in [5.41, 5.74) is -3.20. The third-order valence-corrected chi connectivity index (χ3v) is 6.60. The number of amides is 1. The Morgan fingerprint density at radius 3 is 2.35 bits per heavy atom. The van der Waals surface area contributed by atoms with Gasteiger partial charge in [-0.2, -0.15) is 13.2 Å². The van der Waals surface area contributed by atoms with Crippen molar-refractivity contribution < 1.29 is 31.1 Å². The molecule has 1 fully saturated rings. The SMILES string of the molecule is Cc1cccc(C(CNC(=O)c2ccc(S(=O)(=O)C(F)(F)F)cc2)N2CCOCC2)c1. The summed E-state index contributed by atoms with van der Waals surface area (Å²) in [6.45, 7) is 4.85. The molecule has 0 aliphatic carbocycles. The van der Waals surface area contributed by atoms with Crippen LogP contribution in [0.3, 0.4) is 0 Å². The van der Waals surface area contributed by atoms with Gasteiger partial charge in [0.05, 0.1) is 24.2 Å². The molecule has 31 heavy (non-hydrogen) atoms. The van der Waals surface area contributed by atoms with Crippen LogP contribution in [-0.4, -0.2) is 57.6 Å². The van der Waals surface area contributed by atoms with E-state index < -0.39 is 26.1 Å². The van der Waals surface area contributed by atoms with E-state index in [1.54, 1.807) is 0 Å². The van der Waals surface area contributed by atoms with Crippen LogP contribution in [0.25, 0.3) is 0 Å². The largest absolute Gasteiger partial charge is 0.501 e. The van der Waals surface area contributed by atoms with Gasteiger partial charge < -0.3 is 10.1 Å². The van der Waals surface area contributed by atoms with E-state index in [1.807, 2.05) is 31.2 Å². The summed E-state index contributed by atoms with van der Waals surface area (Å²) >= 11 is 0. The Kier molecular flexibility index (Phi) is 7.03. The van der Waals surface area contributed by atoms with E-state index in [0.29, 0.717) is 26.3 Å². The number of aryl methyl sites for hydroxylation is 1. The van der Waals surface area contributed by atoms with Crippen molar-refractivity contribution >= 4 is 15.7 Å². The second kappa shape index (κ2) is 9.37. The lowest BCUT2D eigenvalue weighted by Gasteiger charge is -2.35. The van der Waals surface area contributed by atoms with E-state index in [2.05, 4.69) is 10.2 Å². The van der Waals surface area contributed by atoms with Crippen LogP contribution in [0.4, 0.5) is 13.2 Å². The summed E-state index contributed by atoms with van der Waals surface area (Å²) in [6.07, 6.45) is 0. The van der Waals surface area contributed by atoms with Crippen LogP contribution < -0.4 is 5.32 Å². The first-order valence-electron chi connectivity index (χ1n) is 9.67. The molecule has 2 aromatic rings. The highest BCUT2D eigenvalue weighted by atomic mass is 32.2. The number of ether oxygens (including phenoxy) is 1. The van der Waals surface area contributed by atoms with Crippen molar-refractivity contribution in [3.05, 3.63) is 65.2 Å². The van der Waals surface area contributed by atoms with Crippen molar-refractivity contribution in [2.24, 2.45) is 0 Å². The molecule has 1 aliphatic rings. The first-order chi connectivity index (χ1) is 14.6. The predicted molar refractivity (Wildman–Crippen MR) is 108 cm³/mol. The Morgan fingerprint density at radius 2 is 1.77 bits per heavy atom. The maximum Gasteiger partial charge on any atom is 0.501 e. The molecule has 0 radical (unpaired) electrons. The highest BCUT2D eigenvalue weighted by Crippen LogP contribution is 2.30. The summed E-state index contributed by atoms with van der Waals surface area (Å²) in [4.78, 5) is 13.9. The van der Waals surface area contributed by atoms with Crippen LogP contribution in [0.1, 0.15) is 27.5 Å². The molecule has 0 spiro atoms. The molecule has 1 N–H and O–H groups in total. The minimum Gasteiger partial charge on any atom is -0.379 e. The molecule has 1 saturated heterocycles. The lowest BCUT2D eigenvalue weighted by atomic mass is 10.0. The molecule has 168 valence electrons. The van der Waals surface area contributed by atoms with Crippen molar-refractivity contribution in [2.45, 2.75) is 23.4 Å². The molecule has 0 saturated carbocycles. The van der Waals surface area contributed by atoms with Gasteiger partial charge in [-0.3, -0.25) is 9.69 Å². The average molecular weight is 456 g/mol. The number of halogens is 3. The van der Waals surface area contributed by atoms with Gasteiger partial charge in [-0.1, -0.05) is 29.8 Å². The quantitative estimate of drug-likeness (QED) is 0.723. The molecule has 1 unspecified atom stereocenters. The Bertz CT molecular complexity index is 1020. The standard InChI is InChI=1S/C21H23F3N2O4S/c1-15-3-2-4-17(13-15)19(26-9-11-30-12-10-26)14-25-20(27)16-5-7-18(8-6-16)31(28,29)21(22,23)24/h2-8,13,19H,9-12,14H2,1H3,(H,25,27). The normalized spacial score (nSPS) is 16.6. The van der Waals surface area contributed by atoms with Gasteiger partial charge in [0.15, 0.2) is 0 Å². The second-order valence-electron chi connectivity index (χ2n) is 7.26. The molecule has 0 aromatic heterocycles. The predicted octanol–water partition coefficient (Wildman–Crippen LogP) is 3.09. The van der Waals surface area contributed by atoms with Gasteiger partial charge in [0.1, 0.15) is 0 Å². The molecule has 1 amide bonds. The van der Waals surface area contributed by atoms with Gasteiger partial charge in [0, 0.05) is 25.2 Å². The van der Waals surface area contributed by atoms with Gasteiger partial charge in [0.25, 0.3) is 15.7 Å². The van der Waals surface area contributed by atoms with Crippen LogP contribution in [-0.2, 0) is 14.6 Å². The lowest BCUT2D eigenvalue weighted by molar-refractivity contribution is -0.0436. The molecule has 3 rings (SSSR count). The van der Waals surface area contributed by atoms with Crippen molar-refractivity contribution in [3.8, 4) is 0 Å². The fourth-order valence-electron chi connectivity index (χ4n) is 3.43. The van der Waals surface area contributed by atoms with E-state index in [4.69, 9.17) is 4.74 Å². The van der Waals surface area contributed by atoms with Gasteiger partial charge in [-0.05, 0) is 36.8 Å². The lowest BCUT2D eigenvalue weighted by Crippen LogP contribution is -2.43. The van der Waals surface area contributed by atoms with E-state index in [9.17, 15) is 26.4 Å². The first kappa shape index (κ1) is 23.2. The number of alkyl halides is 3. The molecule has 1 atom stereocenters. The minimum atomic E-state index is -5.45. The number of hydrogen-bond acceptors (Lipinski definition) is 5. The third kappa shape index (κ3) is 5.44. The van der Waals surface area contributed by atoms with Crippen molar-refractivity contribution in [1.29, 1.82) is 0 Å². The molecule has 6 nitrogen and oxygen atoms in total. The Labute approximate surface area is 178 Å². The Morgan fingerprint density at radius 1 is 1.13 bits per heavy atom. The fourth-order valence-corrected chi connectivity index (χ4v) is 4.20. The molecule has 0 bridgehead atoms. The smallest absolute Gasteiger partial charge is 0.379 e. The third-order valence-electron chi connectivity index (χ3n) is 5.10. The summed E-state index contributed by atoms with van der Waals surface area (Å²) in [5, 5.41) is 2.81. The molecule has 2 aromatic carbocycles. The van der Waals surface area contributed by atoms with Gasteiger partial charge in [-0.25, -0.2) is 8.42 Å². The van der Waals surface area contributed by atoms with Crippen molar-refractivity contribution in [3.63, 3.8) is 0 Å². The molecule has 10 heteroatoms. The van der Waals surface area contributed by atoms with E-state index >= 15 is 0 Å². The number of benzene rings is 2. The highest BCUT2D eigenvalue weighted by Gasteiger charge is 2.46. The molecular formula is C21H23F3N2O4S. The Hall–Kier alpha value is -2.43. The monoisotopic (exact) mass is 456 g/mol. The van der Waals surface area contributed by atoms with E-state index in [1.165, 1.54) is 0 Å². The summed E-state index contributed by atoms with van der Waals surface area (Å²) in [7, 11) is -5.45. The van der Waals surface area contributed by atoms with E-state index in [0.717, 1.165) is 35.4 Å². The van der Waals surface area contributed by atoms with Gasteiger partial charge in [0.2, 0.25) is 0 Å². The van der Waals surface area contributed by atoms with E-state index in [-0.39, 0.29) is 18.2 Å². The van der Waals surface area contributed by atoms with Crippen molar-refractivity contribution in [2.75, 3.05) is 32.8 Å². The topological polar surface area (TPSA) is 75.7 Å². The maximum atomic E-state index is 12.7. The van der Waals surface area contributed by atoms with Crippen LogP contribution >= 0.6 is 0 Å². The zero-order chi connectivity index (χ0) is 22.6. The number of nitrogens with zero attached hydrogens (tertiary/aromatic N) is 1. The fraction of sp³-hybridized carbons (Fsp3) is 0.381. The minimum absolute atomic E-state index is 0.0751. The number of morpholine rings is 1. The van der Waals surface area contributed by atoms with Crippen LogP contribution in [0.15, 0.2) is 53.4 Å². The molecule has 1 heterocycles. The maximum absolute atomic E-state index is 12.7. The Balaban J connectivity index is 1.73. The van der Waals surface area contributed by atoms with Crippen LogP contribution in [0, 0.1) is 6.92 Å². The number of hydrogen-bond donors (Lipinski definition) is 1. The zero-order valence-corrected chi connectivity index (χ0v) is 17.7. The molecular weight excluding hydrogens is 433 g/mol. The highest BCUT2D eigenvalue weighted by molar-refractivity contribution is 7.92. The molecule has 1 aliphatic heterocycles. The summed E-state index contributed by atoms with van der Waals surface area (Å²) in [5.74, 6) is -0.498. The number of carbonyl (C=O) groups is 1. The summed E-state index contributed by atoms with van der Waals surface area (Å²) in [6, 6.07) is 11.6. The number of carbonyl (C=O) groups excluding carboxylic acids is 1. The number of nitrogens with one attached hydrogen (secondary N) is 1. The number of rotatable bonds is 6. The van der Waals surface area contributed by atoms with Gasteiger partial charge in [-0.15, -0.1) is 0 Å². The first-order valence-corrected chi connectivity index (χ1v) is 11.2. The number of sulfone groups is 1. The van der Waals surface area contributed by atoms with Crippen LogP contribution in [0.2, 0.25) is 0 Å². The average Bonchev–Trinajstić information content (AvgIpc) is 2.74. The van der Waals surface area contributed by atoms with Crippen LogP contribution in [0.5, 0.6) is 0 Å². The zero-order valence-electron chi connectivity index (χ0n) is 16.9. The summed E-state index contributed by atoms with van der Waals surface area (Å²) < 4.78 is 66.4. The van der Waals surface area contributed by atoms with Gasteiger partial charge >= 0.3 is 5.51 Å². The van der Waals surface area contributed by atoms with Crippen molar-refractivity contribution in [1.82, 2.24) is 10.2 Å².